The van der Waals surface area contributed by atoms with Crippen molar-refractivity contribution in [3.8, 4) is 0 Å². The fourth-order valence-electron chi connectivity index (χ4n) is 0.475. The van der Waals surface area contributed by atoms with Crippen LogP contribution in [-0.2, 0) is 4.79 Å². The van der Waals surface area contributed by atoms with Crippen LogP contribution in [0.15, 0.2) is 0 Å². The van der Waals surface area contributed by atoms with E-state index in [1.54, 1.807) is 11.9 Å². The lowest BCUT2D eigenvalue weighted by Crippen LogP contribution is -2.31. The summed E-state index contributed by atoms with van der Waals surface area (Å²) in [4.78, 5) is 14.2. The van der Waals surface area contributed by atoms with Crippen molar-refractivity contribution in [3.63, 3.8) is 0 Å². The van der Waals surface area contributed by atoms with Crippen LogP contribution in [-0.4, -0.2) is 49.9 Å². The SMILES string of the molecule is [CH2]C(=O)N(C)CCN(C)C. The highest BCUT2D eigenvalue weighted by Crippen LogP contribution is 1.83. The molecule has 0 fully saturated rings. The summed E-state index contributed by atoms with van der Waals surface area (Å²) < 4.78 is 0. The predicted molar refractivity (Wildman–Crippen MR) is 41.5 cm³/mol. The van der Waals surface area contributed by atoms with Crippen molar-refractivity contribution < 1.29 is 4.79 Å². The van der Waals surface area contributed by atoms with E-state index in [0.717, 1.165) is 13.1 Å². The summed E-state index contributed by atoms with van der Waals surface area (Å²) in [7, 11) is 5.70. The number of amides is 1. The lowest BCUT2D eigenvalue weighted by atomic mass is 10.5. The molecule has 0 aromatic rings. The van der Waals surface area contributed by atoms with E-state index in [1.807, 2.05) is 19.0 Å². The van der Waals surface area contributed by atoms with Crippen LogP contribution in [0.1, 0.15) is 0 Å². The van der Waals surface area contributed by atoms with Crippen LogP contribution in [0.4, 0.5) is 0 Å². The molecule has 10 heavy (non-hydrogen) atoms. The molecular formula is C7H15N2O. The minimum atomic E-state index is -0.123. The van der Waals surface area contributed by atoms with Gasteiger partial charge in [0.1, 0.15) is 0 Å². The number of rotatable bonds is 3. The zero-order chi connectivity index (χ0) is 8.15. The number of likely N-dealkylation sites (N-methyl/N-ethyl adjacent to an activating group) is 2. The third-order valence-electron chi connectivity index (χ3n) is 1.31. The minimum absolute atomic E-state index is 0.123. The molecule has 0 saturated heterocycles. The molecule has 0 aliphatic carbocycles. The topological polar surface area (TPSA) is 23.6 Å². The van der Waals surface area contributed by atoms with Gasteiger partial charge in [-0.25, -0.2) is 0 Å². The van der Waals surface area contributed by atoms with Gasteiger partial charge in [0.2, 0.25) is 5.91 Å². The van der Waals surface area contributed by atoms with Gasteiger partial charge >= 0.3 is 0 Å². The first-order chi connectivity index (χ1) is 4.54. The lowest BCUT2D eigenvalue weighted by Gasteiger charge is -2.17. The molecule has 0 heterocycles. The Hall–Kier alpha value is -0.570. The first kappa shape index (κ1) is 9.43. The summed E-state index contributed by atoms with van der Waals surface area (Å²) in [5, 5.41) is 0. The molecule has 0 aliphatic heterocycles. The molecule has 0 aromatic carbocycles. The molecule has 3 heteroatoms. The summed E-state index contributed by atoms with van der Waals surface area (Å²) >= 11 is 0. The van der Waals surface area contributed by atoms with E-state index in [-0.39, 0.29) is 5.91 Å². The summed E-state index contributed by atoms with van der Waals surface area (Å²) in [6.07, 6.45) is 0. The average molecular weight is 143 g/mol. The maximum Gasteiger partial charge on any atom is 0.222 e. The van der Waals surface area contributed by atoms with Gasteiger partial charge in [0.15, 0.2) is 0 Å². The molecule has 1 radical (unpaired) electrons. The van der Waals surface area contributed by atoms with Gasteiger partial charge in [0, 0.05) is 27.1 Å². The van der Waals surface area contributed by atoms with Crippen LogP contribution < -0.4 is 0 Å². The summed E-state index contributed by atoms with van der Waals surface area (Å²) in [6, 6.07) is 0. The van der Waals surface area contributed by atoms with Crippen LogP contribution in [0.3, 0.4) is 0 Å². The van der Waals surface area contributed by atoms with Crippen molar-refractivity contribution >= 4 is 5.91 Å². The molecule has 59 valence electrons. The van der Waals surface area contributed by atoms with Crippen molar-refractivity contribution in [2.45, 2.75) is 0 Å². The Morgan fingerprint density at radius 2 is 1.80 bits per heavy atom. The number of nitrogens with zero attached hydrogens (tertiary/aromatic N) is 2. The smallest absolute Gasteiger partial charge is 0.222 e. The average Bonchev–Trinajstić information content (AvgIpc) is 1.82. The molecule has 0 aliphatic rings. The Morgan fingerprint density at radius 1 is 1.30 bits per heavy atom. The lowest BCUT2D eigenvalue weighted by molar-refractivity contribution is -0.125. The Kier molecular flexibility index (Phi) is 4.03. The molecule has 0 spiro atoms. The first-order valence-corrected chi connectivity index (χ1v) is 3.26. The van der Waals surface area contributed by atoms with Crippen LogP contribution in [0.25, 0.3) is 0 Å². The van der Waals surface area contributed by atoms with Gasteiger partial charge in [-0.3, -0.25) is 4.79 Å². The van der Waals surface area contributed by atoms with Crippen molar-refractivity contribution in [3.05, 3.63) is 6.92 Å². The van der Waals surface area contributed by atoms with Gasteiger partial charge in [-0.05, 0) is 14.1 Å². The fraction of sp³-hybridized carbons (Fsp3) is 0.714. The molecule has 1 amide bonds. The zero-order valence-electron chi connectivity index (χ0n) is 6.92. The first-order valence-electron chi connectivity index (χ1n) is 3.26. The Bertz CT molecular complexity index is 112. The van der Waals surface area contributed by atoms with Gasteiger partial charge in [0.25, 0.3) is 0 Å². The van der Waals surface area contributed by atoms with Crippen LogP contribution >= 0.6 is 0 Å². The van der Waals surface area contributed by atoms with Crippen LogP contribution in [0.5, 0.6) is 0 Å². The largest absolute Gasteiger partial charge is 0.344 e. The summed E-state index contributed by atoms with van der Waals surface area (Å²) in [5.74, 6) is -0.123. The Labute approximate surface area is 62.6 Å². The highest BCUT2D eigenvalue weighted by molar-refractivity contribution is 5.79. The molecule has 3 nitrogen and oxygen atoms in total. The molecule has 0 N–H and O–H groups in total. The third-order valence-corrected chi connectivity index (χ3v) is 1.31. The molecule has 0 saturated carbocycles. The molecule has 0 bridgehead atoms. The highest BCUT2D eigenvalue weighted by Gasteiger charge is 2.00. The van der Waals surface area contributed by atoms with E-state index < -0.39 is 0 Å². The van der Waals surface area contributed by atoms with E-state index in [0.29, 0.717) is 0 Å². The number of hydrogen-bond acceptors (Lipinski definition) is 2. The Morgan fingerprint density at radius 3 is 2.10 bits per heavy atom. The van der Waals surface area contributed by atoms with Crippen molar-refractivity contribution in [1.82, 2.24) is 9.80 Å². The van der Waals surface area contributed by atoms with E-state index in [1.165, 1.54) is 0 Å². The van der Waals surface area contributed by atoms with Crippen LogP contribution in [0.2, 0.25) is 0 Å². The van der Waals surface area contributed by atoms with E-state index in [9.17, 15) is 4.79 Å². The van der Waals surface area contributed by atoms with Gasteiger partial charge in [-0.2, -0.15) is 0 Å². The molecule has 0 rings (SSSR count). The van der Waals surface area contributed by atoms with Crippen molar-refractivity contribution in [2.75, 3.05) is 34.2 Å². The summed E-state index contributed by atoms with van der Waals surface area (Å²) in [5.41, 5.74) is 0. The predicted octanol–water partition coefficient (Wildman–Crippen LogP) is -0.160. The number of hydrogen-bond donors (Lipinski definition) is 0. The van der Waals surface area contributed by atoms with E-state index >= 15 is 0 Å². The minimum Gasteiger partial charge on any atom is -0.344 e. The number of carbonyl (C=O) groups is 1. The molecular weight excluding hydrogens is 128 g/mol. The van der Waals surface area contributed by atoms with E-state index in [2.05, 4.69) is 6.92 Å². The molecule has 0 aromatic heterocycles. The highest BCUT2D eigenvalue weighted by atomic mass is 16.2. The van der Waals surface area contributed by atoms with Crippen LogP contribution in [0, 0.1) is 6.92 Å². The maximum absolute atomic E-state index is 10.6. The van der Waals surface area contributed by atoms with Gasteiger partial charge in [0.05, 0.1) is 0 Å². The second kappa shape index (κ2) is 4.28. The maximum atomic E-state index is 10.6. The normalized spacial score (nSPS) is 10.1. The van der Waals surface area contributed by atoms with Gasteiger partial charge in [-0.15, -0.1) is 0 Å². The van der Waals surface area contributed by atoms with Gasteiger partial charge < -0.3 is 9.80 Å². The summed E-state index contributed by atoms with van der Waals surface area (Å²) in [6.45, 7) is 4.92. The molecule has 0 atom stereocenters. The molecule has 0 unspecified atom stereocenters. The van der Waals surface area contributed by atoms with Crippen molar-refractivity contribution in [2.24, 2.45) is 0 Å². The Balaban J connectivity index is 3.40. The van der Waals surface area contributed by atoms with E-state index in [4.69, 9.17) is 0 Å². The standard InChI is InChI=1S/C7H15N2O/c1-7(10)9(4)6-5-8(2)3/h1,5-6H2,2-4H3. The second-order valence-electron chi connectivity index (χ2n) is 2.62. The fourth-order valence-corrected chi connectivity index (χ4v) is 0.475. The third kappa shape index (κ3) is 4.32. The van der Waals surface area contributed by atoms with Crippen molar-refractivity contribution in [1.29, 1.82) is 0 Å². The monoisotopic (exact) mass is 143 g/mol. The number of carbonyl (C=O) groups excluding carboxylic acids is 1. The second-order valence-corrected chi connectivity index (χ2v) is 2.62. The zero-order valence-corrected chi connectivity index (χ0v) is 6.92. The van der Waals surface area contributed by atoms with Gasteiger partial charge in [-0.1, -0.05) is 0 Å². The quantitative estimate of drug-likeness (QED) is 0.548.